The lowest BCUT2D eigenvalue weighted by atomic mass is 10.2. The van der Waals surface area contributed by atoms with Crippen molar-refractivity contribution in [2.24, 2.45) is 0 Å². The summed E-state index contributed by atoms with van der Waals surface area (Å²) in [6.45, 7) is 0. The predicted molar refractivity (Wildman–Crippen MR) is 91.9 cm³/mol. The van der Waals surface area contributed by atoms with Gasteiger partial charge in [0.25, 0.3) is 5.91 Å². The van der Waals surface area contributed by atoms with Crippen molar-refractivity contribution in [2.75, 3.05) is 5.32 Å². The summed E-state index contributed by atoms with van der Waals surface area (Å²) < 4.78 is 0. The van der Waals surface area contributed by atoms with Crippen LogP contribution >= 0.6 is 23.2 Å². The molecule has 1 aromatic heterocycles. The number of benzene rings is 2. The monoisotopic (exact) mass is 343 g/mol. The van der Waals surface area contributed by atoms with Gasteiger partial charge in [-0.3, -0.25) is 4.79 Å². The summed E-state index contributed by atoms with van der Waals surface area (Å²) in [4.78, 5) is 20.6. The average Bonchev–Trinajstić information content (AvgIpc) is 2.58. The molecular formula is C17H11Cl2N3O. The van der Waals surface area contributed by atoms with Gasteiger partial charge in [0.05, 0.1) is 5.56 Å². The van der Waals surface area contributed by atoms with Crippen molar-refractivity contribution in [3.05, 3.63) is 76.5 Å². The Labute approximate surface area is 143 Å². The smallest absolute Gasteiger partial charge is 0.258 e. The minimum Gasteiger partial charge on any atom is -0.322 e. The zero-order chi connectivity index (χ0) is 16.2. The molecule has 0 unspecified atom stereocenters. The molecule has 2 aromatic carbocycles. The Morgan fingerprint density at radius 3 is 1.91 bits per heavy atom. The summed E-state index contributed by atoms with van der Waals surface area (Å²) in [5, 5.41) is 4.01. The fourth-order valence-corrected chi connectivity index (χ4v) is 2.18. The molecule has 0 saturated carbocycles. The van der Waals surface area contributed by atoms with Gasteiger partial charge < -0.3 is 5.32 Å². The Kier molecular flexibility index (Phi) is 4.55. The van der Waals surface area contributed by atoms with Crippen LogP contribution < -0.4 is 5.32 Å². The number of nitrogens with one attached hydrogen (secondary N) is 1. The van der Waals surface area contributed by atoms with Crippen molar-refractivity contribution in [2.45, 2.75) is 0 Å². The van der Waals surface area contributed by atoms with Crippen molar-refractivity contribution in [3.63, 3.8) is 0 Å². The first-order chi connectivity index (χ1) is 11.1. The lowest BCUT2D eigenvalue weighted by molar-refractivity contribution is 0.102. The summed E-state index contributed by atoms with van der Waals surface area (Å²) in [6, 6.07) is 14.0. The van der Waals surface area contributed by atoms with Gasteiger partial charge in [-0.1, -0.05) is 23.2 Å². The van der Waals surface area contributed by atoms with Crippen LogP contribution in [0.15, 0.2) is 60.9 Å². The van der Waals surface area contributed by atoms with Gasteiger partial charge in [0.2, 0.25) is 0 Å². The Morgan fingerprint density at radius 1 is 0.826 bits per heavy atom. The van der Waals surface area contributed by atoms with E-state index in [4.69, 9.17) is 23.2 Å². The van der Waals surface area contributed by atoms with E-state index in [0.29, 0.717) is 27.1 Å². The number of carbonyl (C=O) groups excluding carboxylic acids is 1. The number of anilines is 1. The average molecular weight is 344 g/mol. The highest BCUT2D eigenvalue weighted by Crippen LogP contribution is 2.18. The first-order valence-corrected chi connectivity index (χ1v) is 7.52. The number of halogens is 2. The fraction of sp³-hybridized carbons (Fsp3) is 0. The zero-order valence-corrected chi connectivity index (χ0v) is 13.3. The van der Waals surface area contributed by atoms with Crippen LogP contribution in [0.25, 0.3) is 11.4 Å². The largest absolute Gasteiger partial charge is 0.322 e. The summed E-state index contributed by atoms with van der Waals surface area (Å²) in [7, 11) is 0. The predicted octanol–water partition coefficient (Wildman–Crippen LogP) is 4.70. The highest BCUT2D eigenvalue weighted by Gasteiger charge is 2.08. The van der Waals surface area contributed by atoms with Gasteiger partial charge in [0.1, 0.15) is 0 Å². The van der Waals surface area contributed by atoms with Crippen LogP contribution in [0.4, 0.5) is 5.69 Å². The molecule has 3 rings (SSSR count). The van der Waals surface area contributed by atoms with Gasteiger partial charge in [-0.05, 0) is 48.5 Å². The summed E-state index contributed by atoms with van der Waals surface area (Å²) >= 11 is 11.7. The van der Waals surface area contributed by atoms with Crippen molar-refractivity contribution >= 4 is 34.8 Å². The van der Waals surface area contributed by atoms with Crippen LogP contribution in [0.2, 0.25) is 10.0 Å². The Balaban J connectivity index is 1.74. The number of hydrogen-bond donors (Lipinski definition) is 1. The molecule has 0 aliphatic carbocycles. The lowest BCUT2D eigenvalue weighted by Crippen LogP contribution is -2.12. The van der Waals surface area contributed by atoms with E-state index in [2.05, 4.69) is 15.3 Å². The minimum atomic E-state index is -0.282. The molecule has 0 radical (unpaired) electrons. The van der Waals surface area contributed by atoms with Crippen LogP contribution in [0, 0.1) is 0 Å². The number of carbonyl (C=O) groups is 1. The molecule has 0 aliphatic heterocycles. The SMILES string of the molecule is O=C(Nc1ccc(Cl)cc1)c1cnc(-c2ccc(Cl)cc2)nc1. The zero-order valence-electron chi connectivity index (χ0n) is 11.8. The Bertz CT molecular complexity index is 816. The number of rotatable bonds is 3. The molecule has 6 heteroatoms. The van der Waals surface area contributed by atoms with Crippen molar-refractivity contribution in [1.29, 1.82) is 0 Å². The second-order valence-corrected chi connectivity index (χ2v) is 5.64. The van der Waals surface area contributed by atoms with Gasteiger partial charge in [-0.15, -0.1) is 0 Å². The number of aromatic nitrogens is 2. The molecule has 4 nitrogen and oxygen atoms in total. The molecule has 114 valence electrons. The molecule has 0 fully saturated rings. The van der Waals surface area contributed by atoms with E-state index >= 15 is 0 Å². The maximum absolute atomic E-state index is 12.1. The molecule has 0 saturated heterocycles. The first kappa shape index (κ1) is 15.5. The van der Waals surface area contributed by atoms with Crippen molar-refractivity contribution in [1.82, 2.24) is 9.97 Å². The van der Waals surface area contributed by atoms with Crippen LogP contribution in [0.5, 0.6) is 0 Å². The highest BCUT2D eigenvalue weighted by molar-refractivity contribution is 6.30. The third-order valence-electron chi connectivity index (χ3n) is 3.12. The summed E-state index contributed by atoms with van der Waals surface area (Å²) in [6.07, 6.45) is 2.98. The normalized spacial score (nSPS) is 10.3. The van der Waals surface area contributed by atoms with E-state index in [-0.39, 0.29) is 5.91 Å². The lowest BCUT2D eigenvalue weighted by Gasteiger charge is -2.05. The summed E-state index contributed by atoms with van der Waals surface area (Å²) in [5.41, 5.74) is 1.86. The van der Waals surface area contributed by atoms with Gasteiger partial charge in [-0.2, -0.15) is 0 Å². The van der Waals surface area contributed by atoms with Crippen LogP contribution in [-0.4, -0.2) is 15.9 Å². The van der Waals surface area contributed by atoms with Gasteiger partial charge in [-0.25, -0.2) is 9.97 Å². The minimum absolute atomic E-state index is 0.282. The second kappa shape index (κ2) is 6.77. The standard InChI is InChI=1S/C17H11Cl2N3O/c18-13-3-1-11(2-4-13)16-20-9-12(10-21-16)17(23)22-15-7-5-14(19)6-8-15/h1-10H,(H,22,23). The first-order valence-electron chi connectivity index (χ1n) is 6.77. The van der Waals surface area contributed by atoms with Gasteiger partial charge in [0, 0.05) is 33.7 Å². The third kappa shape index (κ3) is 3.86. The quantitative estimate of drug-likeness (QED) is 0.749. The fourth-order valence-electron chi connectivity index (χ4n) is 1.93. The van der Waals surface area contributed by atoms with Gasteiger partial charge in [0.15, 0.2) is 5.82 Å². The van der Waals surface area contributed by atoms with E-state index in [1.54, 1.807) is 36.4 Å². The van der Waals surface area contributed by atoms with E-state index in [0.717, 1.165) is 5.56 Å². The molecular weight excluding hydrogens is 333 g/mol. The molecule has 0 spiro atoms. The molecule has 0 bridgehead atoms. The van der Waals surface area contributed by atoms with Crippen molar-refractivity contribution < 1.29 is 4.79 Å². The van der Waals surface area contributed by atoms with E-state index < -0.39 is 0 Å². The molecule has 3 aromatic rings. The topological polar surface area (TPSA) is 54.9 Å². The Hall–Kier alpha value is -2.43. The number of nitrogens with zero attached hydrogens (tertiary/aromatic N) is 2. The molecule has 1 amide bonds. The van der Waals surface area contributed by atoms with Crippen LogP contribution in [0.1, 0.15) is 10.4 Å². The van der Waals surface area contributed by atoms with Crippen molar-refractivity contribution in [3.8, 4) is 11.4 Å². The molecule has 23 heavy (non-hydrogen) atoms. The molecule has 1 heterocycles. The molecule has 0 atom stereocenters. The van der Waals surface area contributed by atoms with Crippen LogP contribution in [-0.2, 0) is 0 Å². The number of amides is 1. The highest BCUT2D eigenvalue weighted by atomic mass is 35.5. The maximum Gasteiger partial charge on any atom is 0.258 e. The number of hydrogen-bond acceptors (Lipinski definition) is 3. The molecule has 0 aliphatic rings. The van der Waals surface area contributed by atoms with E-state index in [9.17, 15) is 4.79 Å². The van der Waals surface area contributed by atoms with Crippen LogP contribution in [0.3, 0.4) is 0 Å². The van der Waals surface area contributed by atoms with E-state index in [1.807, 2.05) is 12.1 Å². The summed E-state index contributed by atoms with van der Waals surface area (Å²) in [5.74, 6) is 0.250. The van der Waals surface area contributed by atoms with Gasteiger partial charge >= 0.3 is 0 Å². The Morgan fingerprint density at radius 2 is 1.35 bits per heavy atom. The molecule has 1 N–H and O–H groups in total. The maximum atomic E-state index is 12.1. The second-order valence-electron chi connectivity index (χ2n) is 4.76. The third-order valence-corrected chi connectivity index (χ3v) is 3.62. The van der Waals surface area contributed by atoms with E-state index in [1.165, 1.54) is 12.4 Å².